The molecule has 0 saturated carbocycles. The smallest absolute Gasteiger partial charge is 0.144 e. The molecule has 0 atom stereocenters. The Hall–Kier alpha value is -1.20. The highest BCUT2D eigenvalue weighted by Gasteiger charge is 2.30. The van der Waals surface area contributed by atoms with Gasteiger partial charge < -0.3 is 10.1 Å². The number of rotatable bonds is 4. The van der Waals surface area contributed by atoms with Crippen LogP contribution in [0, 0.1) is 6.92 Å². The van der Waals surface area contributed by atoms with E-state index in [1.54, 1.807) is 0 Å². The molecule has 19 heavy (non-hydrogen) atoms. The van der Waals surface area contributed by atoms with E-state index in [1.807, 2.05) is 13.0 Å². The zero-order chi connectivity index (χ0) is 13.9. The van der Waals surface area contributed by atoms with Crippen molar-refractivity contribution in [3.63, 3.8) is 0 Å². The Kier molecular flexibility index (Phi) is 4.37. The van der Waals surface area contributed by atoms with Gasteiger partial charge in [-0.2, -0.15) is 0 Å². The first-order chi connectivity index (χ1) is 9.01. The summed E-state index contributed by atoms with van der Waals surface area (Å²) in [6, 6.07) is 1.98. The number of nitrogens with one attached hydrogen (secondary N) is 1. The molecular weight excluding hydrogens is 240 g/mol. The number of hydrogen-bond acceptors (Lipinski definition) is 5. The Labute approximate surface area is 115 Å². The second kappa shape index (κ2) is 5.84. The maximum absolute atomic E-state index is 5.54. The molecule has 1 aromatic heterocycles. The van der Waals surface area contributed by atoms with Gasteiger partial charge >= 0.3 is 0 Å². The fourth-order valence-electron chi connectivity index (χ4n) is 2.33. The van der Waals surface area contributed by atoms with Crippen LogP contribution in [0.15, 0.2) is 6.07 Å². The second-order valence-corrected chi connectivity index (χ2v) is 5.63. The molecule has 2 heterocycles. The number of nitrogens with zero attached hydrogens (tertiary/aromatic N) is 3. The molecule has 0 amide bonds. The Balaban J connectivity index is 2.13. The first-order valence-corrected chi connectivity index (χ1v) is 6.92. The summed E-state index contributed by atoms with van der Waals surface area (Å²) in [5.74, 6) is 1.79. The monoisotopic (exact) mass is 264 g/mol. The fraction of sp³-hybridized carbons (Fsp3) is 0.714. The van der Waals surface area contributed by atoms with Gasteiger partial charge in [0, 0.05) is 30.4 Å². The molecule has 1 aliphatic rings. The van der Waals surface area contributed by atoms with Gasteiger partial charge in [0.25, 0.3) is 0 Å². The van der Waals surface area contributed by atoms with E-state index < -0.39 is 0 Å². The second-order valence-electron chi connectivity index (χ2n) is 5.63. The van der Waals surface area contributed by atoms with E-state index in [0.717, 1.165) is 50.2 Å². The number of aryl methyl sites for hydroxylation is 1. The van der Waals surface area contributed by atoms with Crippen molar-refractivity contribution in [1.29, 1.82) is 0 Å². The van der Waals surface area contributed by atoms with Crippen molar-refractivity contribution in [3.8, 4) is 0 Å². The summed E-state index contributed by atoms with van der Waals surface area (Å²) in [6.45, 7) is 12.6. The predicted octanol–water partition coefficient (Wildman–Crippen LogP) is 1.83. The number of morpholine rings is 1. The van der Waals surface area contributed by atoms with E-state index in [9.17, 15) is 0 Å². The van der Waals surface area contributed by atoms with Gasteiger partial charge in [0.15, 0.2) is 0 Å². The minimum atomic E-state index is 0.0453. The van der Waals surface area contributed by atoms with Crippen molar-refractivity contribution in [3.05, 3.63) is 17.6 Å². The molecule has 0 aromatic carbocycles. The van der Waals surface area contributed by atoms with Crippen LogP contribution in [0.2, 0.25) is 0 Å². The number of anilines is 1. The van der Waals surface area contributed by atoms with Crippen molar-refractivity contribution in [2.45, 2.75) is 39.8 Å². The van der Waals surface area contributed by atoms with Gasteiger partial charge in [-0.15, -0.1) is 0 Å². The zero-order valence-electron chi connectivity index (χ0n) is 12.4. The van der Waals surface area contributed by atoms with Crippen molar-refractivity contribution in [2.75, 3.05) is 31.6 Å². The van der Waals surface area contributed by atoms with Crippen molar-refractivity contribution in [2.24, 2.45) is 0 Å². The Morgan fingerprint density at radius 2 is 2.21 bits per heavy atom. The summed E-state index contributed by atoms with van der Waals surface area (Å²) >= 11 is 0. The third-order valence-electron chi connectivity index (χ3n) is 3.41. The Morgan fingerprint density at radius 3 is 2.89 bits per heavy atom. The maximum atomic E-state index is 5.54. The normalized spacial score (nSPS) is 19.4. The molecule has 5 nitrogen and oxygen atoms in total. The van der Waals surface area contributed by atoms with Gasteiger partial charge in [-0.3, -0.25) is 4.90 Å². The SMILES string of the molecule is CCNc1cc(C)nc(CN2CCOCC2(C)C)n1. The molecule has 0 unspecified atom stereocenters. The molecule has 1 aliphatic heterocycles. The van der Waals surface area contributed by atoms with E-state index in [-0.39, 0.29) is 5.54 Å². The van der Waals surface area contributed by atoms with Crippen LogP contribution in [-0.4, -0.2) is 46.7 Å². The average Bonchev–Trinajstić information content (AvgIpc) is 2.31. The molecule has 0 aliphatic carbocycles. The van der Waals surface area contributed by atoms with Gasteiger partial charge in [-0.25, -0.2) is 9.97 Å². The number of aromatic nitrogens is 2. The predicted molar refractivity (Wildman–Crippen MR) is 76.2 cm³/mol. The molecule has 2 rings (SSSR count). The van der Waals surface area contributed by atoms with Gasteiger partial charge in [0.2, 0.25) is 0 Å². The van der Waals surface area contributed by atoms with E-state index >= 15 is 0 Å². The first kappa shape index (κ1) is 14.2. The molecule has 1 aromatic rings. The summed E-state index contributed by atoms with van der Waals surface area (Å²) in [5, 5.41) is 3.25. The third kappa shape index (κ3) is 3.64. The molecule has 1 saturated heterocycles. The Morgan fingerprint density at radius 1 is 1.42 bits per heavy atom. The standard InChI is InChI=1S/C14H24N4O/c1-5-15-12-8-11(2)16-13(17-12)9-18-6-7-19-10-14(18,3)4/h8H,5-7,9-10H2,1-4H3,(H,15,16,17). The van der Waals surface area contributed by atoms with Gasteiger partial charge in [-0.1, -0.05) is 0 Å². The molecule has 1 fully saturated rings. The number of hydrogen-bond donors (Lipinski definition) is 1. The van der Waals surface area contributed by atoms with E-state index in [0.29, 0.717) is 0 Å². The minimum Gasteiger partial charge on any atom is -0.378 e. The van der Waals surface area contributed by atoms with Crippen LogP contribution >= 0.6 is 0 Å². The summed E-state index contributed by atoms with van der Waals surface area (Å²) in [4.78, 5) is 11.5. The van der Waals surface area contributed by atoms with Crippen LogP contribution in [0.25, 0.3) is 0 Å². The highest BCUT2D eigenvalue weighted by Crippen LogP contribution is 2.21. The summed E-state index contributed by atoms with van der Waals surface area (Å²) < 4.78 is 5.54. The summed E-state index contributed by atoms with van der Waals surface area (Å²) in [6.07, 6.45) is 0. The lowest BCUT2D eigenvalue weighted by Crippen LogP contribution is -2.52. The highest BCUT2D eigenvalue weighted by atomic mass is 16.5. The van der Waals surface area contributed by atoms with Crippen molar-refractivity contribution >= 4 is 5.82 Å². The lowest BCUT2D eigenvalue weighted by Gasteiger charge is -2.41. The molecule has 0 spiro atoms. The summed E-state index contributed by atoms with van der Waals surface area (Å²) in [7, 11) is 0. The van der Waals surface area contributed by atoms with Crippen LogP contribution < -0.4 is 5.32 Å². The van der Waals surface area contributed by atoms with Gasteiger partial charge in [0.1, 0.15) is 11.6 Å². The third-order valence-corrected chi connectivity index (χ3v) is 3.41. The van der Waals surface area contributed by atoms with E-state index in [2.05, 4.69) is 41.0 Å². The lowest BCUT2D eigenvalue weighted by molar-refractivity contribution is -0.0563. The molecular formula is C14H24N4O. The topological polar surface area (TPSA) is 50.3 Å². The Bertz CT molecular complexity index is 433. The zero-order valence-corrected chi connectivity index (χ0v) is 12.4. The van der Waals surface area contributed by atoms with E-state index in [4.69, 9.17) is 4.74 Å². The lowest BCUT2D eigenvalue weighted by atomic mass is 10.0. The first-order valence-electron chi connectivity index (χ1n) is 6.92. The van der Waals surface area contributed by atoms with Crippen molar-refractivity contribution in [1.82, 2.24) is 14.9 Å². The van der Waals surface area contributed by atoms with Crippen LogP contribution in [0.4, 0.5) is 5.82 Å². The highest BCUT2D eigenvalue weighted by molar-refractivity contribution is 5.35. The van der Waals surface area contributed by atoms with Crippen LogP contribution in [0.1, 0.15) is 32.3 Å². The van der Waals surface area contributed by atoms with E-state index in [1.165, 1.54) is 0 Å². The maximum Gasteiger partial charge on any atom is 0.144 e. The molecule has 5 heteroatoms. The van der Waals surface area contributed by atoms with Crippen LogP contribution in [0.5, 0.6) is 0 Å². The van der Waals surface area contributed by atoms with Gasteiger partial charge in [-0.05, 0) is 27.7 Å². The van der Waals surface area contributed by atoms with Gasteiger partial charge in [0.05, 0.1) is 19.8 Å². The summed E-state index contributed by atoms with van der Waals surface area (Å²) in [5.41, 5.74) is 1.05. The molecule has 0 radical (unpaired) electrons. The number of ether oxygens (including phenoxy) is 1. The average molecular weight is 264 g/mol. The van der Waals surface area contributed by atoms with Crippen molar-refractivity contribution < 1.29 is 4.74 Å². The largest absolute Gasteiger partial charge is 0.378 e. The van der Waals surface area contributed by atoms with Crippen LogP contribution in [0.3, 0.4) is 0 Å². The van der Waals surface area contributed by atoms with Crippen LogP contribution in [-0.2, 0) is 11.3 Å². The quantitative estimate of drug-likeness (QED) is 0.899. The molecule has 106 valence electrons. The fourth-order valence-corrected chi connectivity index (χ4v) is 2.33. The molecule has 0 bridgehead atoms. The molecule has 1 N–H and O–H groups in total. The minimum absolute atomic E-state index is 0.0453.